The molecular formula is C19H26N2O4. The Hall–Kier alpha value is -2.08. The molecule has 0 radical (unpaired) electrons. The molecule has 2 heterocycles. The molecule has 1 fully saturated rings. The normalized spacial score (nSPS) is 23.0. The van der Waals surface area contributed by atoms with E-state index in [-0.39, 0.29) is 24.0 Å². The van der Waals surface area contributed by atoms with Gasteiger partial charge in [0, 0.05) is 31.6 Å². The van der Waals surface area contributed by atoms with Gasteiger partial charge in [0.15, 0.2) is 0 Å². The SMILES string of the molecule is C[C@@H]1CN(C(=O)CCCOc2ccc3c(c2)CCC(=O)N3)C[C@H](C)O1. The summed E-state index contributed by atoms with van der Waals surface area (Å²) >= 11 is 0. The second-order valence-electron chi connectivity index (χ2n) is 6.88. The van der Waals surface area contributed by atoms with E-state index >= 15 is 0 Å². The molecule has 1 N–H and O–H groups in total. The first kappa shape index (κ1) is 17.7. The number of aryl methyl sites for hydroxylation is 1. The summed E-state index contributed by atoms with van der Waals surface area (Å²) in [6.07, 6.45) is 2.62. The van der Waals surface area contributed by atoms with Crippen LogP contribution in [-0.2, 0) is 20.7 Å². The van der Waals surface area contributed by atoms with Crippen LogP contribution in [0.5, 0.6) is 5.75 Å². The minimum absolute atomic E-state index is 0.0615. The van der Waals surface area contributed by atoms with Crippen LogP contribution in [0.25, 0.3) is 0 Å². The van der Waals surface area contributed by atoms with Gasteiger partial charge in [0.25, 0.3) is 0 Å². The molecule has 0 saturated carbocycles. The van der Waals surface area contributed by atoms with Gasteiger partial charge in [-0.05, 0) is 50.5 Å². The topological polar surface area (TPSA) is 67.9 Å². The maximum Gasteiger partial charge on any atom is 0.224 e. The molecule has 2 aliphatic heterocycles. The lowest BCUT2D eigenvalue weighted by molar-refractivity contribution is -0.143. The van der Waals surface area contributed by atoms with Crippen molar-refractivity contribution in [2.75, 3.05) is 25.0 Å². The zero-order valence-corrected chi connectivity index (χ0v) is 14.9. The number of rotatable bonds is 5. The molecule has 1 aromatic rings. The lowest BCUT2D eigenvalue weighted by atomic mass is 10.0. The van der Waals surface area contributed by atoms with Gasteiger partial charge in [-0.2, -0.15) is 0 Å². The third-order valence-corrected chi connectivity index (χ3v) is 4.55. The lowest BCUT2D eigenvalue weighted by Crippen LogP contribution is -2.48. The summed E-state index contributed by atoms with van der Waals surface area (Å²) in [5.74, 6) is 1.01. The number of ether oxygens (including phenoxy) is 2. The van der Waals surface area contributed by atoms with Gasteiger partial charge in [-0.1, -0.05) is 0 Å². The van der Waals surface area contributed by atoms with E-state index in [1.165, 1.54) is 0 Å². The molecule has 1 aromatic carbocycles. The fourth-order valence-corrected chi connectivity index (χ4v) is 3.40. The van der Waals surface area contributed by atoms with Crippen molar-refractivity contribution in [3.8, 4) is 5.75 Å². The van der Waals surface area contributed by atoms with E-state index in [1.807, 2.05) is 36.9 Å². The number of amides is 2. The smallest absolute Gasteiger partial charge is 0.224 e. The van der Waals surface area contributed by atoms with Gasteiger partial charge < -0.3 is 19.7 Å². The molecule has 25 heavy (non-hydrogen) atoms. The first-order valence-corrected chi connectivity index (χ1v) is 9.00. The van der Waals surface area contributed by atoms with Crippen LogP contribution in [0.4, 0.5) is 5.69 Å². The Morgan fingerprint density at radius 1 is 1.28 bits per heavy atom. The molecule has 0 aromatic heterocycles. The maximum absolute atomic E-state index is 12.3. The van der Waals surface area contributed by atoms with E-state index < -0.39 is 0 Å². The van der Waals surface area contributed by atoms with E-state index in [4.69, 9.17) is 9.47 Å². The van der Waals surface area contributed by atoms with E-state index in [2.05, 4.69) is 5.32 Å². The summed E-state index contributed by atoms with van der Waals surface area (Å²) in [5.41, 5.74) is 1.97. The standard InChI is InChI=1S/C19H26N2O4/c1-13-11-21(12-14(2)25-13)19(23)4-3-9-24-16-6-7-17-15(10-16)5-8-18(22)20-17/h6-7,10,13-14H,3-5,8-9,11-12H2,1-2H3,(H,20,22)/t13-,14+. The van der Waals surface area contributed by atoms with E-state index in [0.29, 0.717) is 39.0 Å². The maximum atomic E-state index is 12.3. The average Bonchev–Trinajstić information content (AvgIpc) is 2.57. The van der Waals surface area contributed by atoms with Crippen LogP contribution in [0.1, 0.15) is 38.7 Å². The Kier molecular flexibility index (Phi) is 5.58. The number of morpholine rings is 1. The predicted octanol–water partition coefficient (Wildman–Crippen LogP) is 2.37. The Balaban J connectivity index is 1.42. The number of hydrogen-bond donors (Lipinski definition) is 1. The number of hydrogen-bond acceptors (Lipinski definition) is 4. The van der Waals surface area contributed by atoms with Crippen molar-refractivity contribution >= 4 is 17.5 Å². The number of nitrogens with one attached hydrogen (secondary N) is 1. The van der Waals surface area contributed by atoms with E-state index in [9.17, 15) is 9.59 Å². The van der Waals surface area contributed by atoms with Crippen molar-refractivity contribution < 1.29 is 19.1 Å². The van der Waals surface area contributed by atoms with Crippen molar-refractivity contribution in [3.63, 3.8) is 0 Å². The quantitative estimate of drug-likeness (QED) is 0.831. The number of carbonyl (C=O) groups excluding carboxylic acids is 2. The average molecular weight is 346 g/mol. The summed E-state index contributed by atoms with van der Waals surface area (Å²) in [4.78, 5) is 25.6. The van der Waals surface area contributed by atoms with Gasteiger partial charge in [0.1, 0.15) is 5.75 Å². The molecule has 2 aliphatic rings. The van der Waals surface area contributed by atoms with Crippen molar-refractivity contribution in [3.05, 3.63) is 23.8 Å². The molecule has 136 valence electrons. The fraction of sp³-hybridized carbons (Fsp3) is 0.579. The summed E-state index contributed by atoms with van der Waals surface area (Å²) in [5, 5.41) is 2.86. The van der Waals surface area contributed by atoms with Crippen LogP contribution in [0.2, 0.25) is 0 Å². The zero-order valence-electron chi connectivity index (χ0n) is 14.9. The Bertz CT molecular complexity index is 636. The number of benzene rings is 1. The molecule has 0 spiro atoms. The highest BCUT2D eigenvalue weighted by Gasteiger charge is 2.25. The largest absolute Gasteiger partial charge is 0.494 e. The van der Waals surface area contributed by atoms with Crippen LogP contribution in [0, 0.1) is 0 Å². The molecule has 1 saturated heterocycles. The third-order valence-electron chi connectivity index (χ3n) is 4.55. The van der Waals surface area contributed by atoms with Gasteiger partial charge in [0.05, 0.1) is 18.8 Å². The second-order valence-corrected chi connectivity index (χ2v) is 6.88. The van der Waals surface area contributed by atoms with Crippen molar-refractivity contribution in [1.82, 2.24) is 4.90 Å². The highest BCUT2D eigenvalue weighted by atomic mass is 16.5. The number of nitrogens with zero attached hydrogens (tertiary/aromatic N) is 1. The van der Waals surface area contributed by atoms with Gasteiger partial charge in [-0.3, -0.25) is 9.59 Å². The summed E-state index contributed by atoms with van der Waals surface area (Å²) < 4.78 is 11.4. The zero-order chi connectivity index (χ0) is 17.8. The molecular weight excluding hydrogens is 320 g/mol. The van der Waals surface area contributed by atoms with Crippen molar-refractivity contribution in [1.29, 1.82) is 0 Å². The van der Waals surface area contributed by atoms with Crippen molar-refractivity contribution in [2.45, 2.75) is 51.7 Å². The number of anilines is 1. The number of carbonyl (C=O) groups is 2. The molecule has 2 atom stereocenters. The molecule has 0 aliphatic carbocycles. The molecule has 0 bridgehead atoms. The first-order valence-electron chi connectivity index (χ1n) is 9.00. The molecule has 3 rings (SSSR count). The van der Waals surface area contributed by atoms with E-state index in [0.717, 1.165) is 23.4 Å². The molecule has 0 unspecified atom stereocenters. The Morgan fingerprint density at radius 3 is 2.80 bits per heavy atom. The van der Waals surface area contributed by atoms with Crippen LogP contribution in [-0.4, -0.2) is 48.6 Å². The lowest BCUT2D eigenvalue weighted by Gasteiger charge is -2.35. The third kappa shape index (κ3) is 4.72. The van der Waals surface area contributed by atoms with E-state index in [1.54, 1.807) is 0 Å². The van der Waals surface area contributed by atoms with Gasteiger partial charge in [0.2, 0.25) is 11.8 Å². The van der Waals surface area contributed by atoms with Crippen molar-refractivity contribution in [2.24, 2.45) is 0 Å². The summed E-state index contributed by atoms with van der Waals surface area (Å²) in [7, 11) is 0. The minimum atomic E-state index is 0.0615. The van der Waals surface area contributed by atoms with Gasteiger partial charge in [-0.15, -0.1) is 0 Å². The fourth-order valence-electron chi connectivity index (χ4n) is 3.40. The monoisotopic (exact) mass is 346 g/mol. The van der Waals surface area contributed by atoms with Crippen LogP contribution in [0.15, 0.2) is 18.2 Å². The Labute approximate surface area is 148 Å². The van der Waals surface area contributed by atoms with Gasteiger partial charge >= 0.3 is 0 Å². The highest BCUT2D eigenvalue weighted by Crippen LogP contribution is 2.26. The van der Waals surface area contributed by atoms with Crippen LogP contribution < -0.4 is 10.1 Å². The van der Waals surface area contributed by atoms with Crippen LogP contribution in [0.3, 0.4) is 0 Å². The number of fused-ring (bicyclic) bond motifs is 1. The predicted molar refractivity (Wildman–Crippen MR) is 94.7 cm³/mol. The summed E-state index contributed by atoms with van der Waals surface area (Å²) in [6, 6.07) is 5.71. The highest BCUT2D eigenvalue weighted by molar-refractivity contribution is 5.94. The second kappa shape index (κ2) is 7.87. The summed E-state index contributed by atoms with van der Waals surface area (Å²) in [6.45, 7) is 5.84. The molecule has 6 nitrogen and oxygen atoms in total. The molecule has 6 heteroatoms. The first-order chi connectivity index (χ1) is 12.0. The van der Waals surface area contributed by atoms with Gasteiger partial charge in [-0.25, -0.2) is 0 Å². The Morgan fingerprint density at radius 2 is 2.04 bits per heavy atom. The molecule has 2 amide bonds. The minimum Gasteiger partial charge on any atom is -0.494 e. The van der Waals surface area contributed by atoms with Crippen LogP contribution >= 0.6 is 0 Å².